The summed E-state index contributed by atoms with van der Waals surface area (Å²) in [6.45, 7) is 2.43. The van der Waals surface area contributed by atoms with Gasteiger partial charge >= 0.3 is 0 Å². The predicted octanol–water partition coefficient (Wildman–Crippen LogP) is 0.685. The van der Waals surface area contributed by atoms with E-state index in [4.69, 9.17) is 19.9 Å². The normalized spacial score (nSPS) is 10.3. The fraction of sp³-hybridized carbons (Fsp3) is 0.500. The third-order valence-corrected chi connectivity index (χ3v) is 2.65. The zero-order valence-corrected chi connectivity index (χ0v) is 12.0. The molecular weight excluding hydrogens is 260 g/mol. The van der Waals surface area contributed by atoms with Crippen LogP contribution in [0.1, 0.15) is 12.0 Å². The van der Waals surface area contributed by atoms with Gasteiger partial charge < -0.3 is 25.3 Å². The predicted molar refractivity (Wildman–Crippen MR) is 75.9 cm³/mol. The van der Waals surface area contributed by atoms with Crippen LogP contribution in [0.4, 0.5) is 0 Å². The number of methoxy groups -OCH3 is 2. The van der Waals surface area contributed by atoms with E-state index >= 15 is 0 Å². The number of carbonyl (C=O) groups is 1. The van der Waals surface area contributed by atoms with Crippen molar-refractivity contribution in [2.45, 2.75) is 13.0 Å². The summed E-state index contributed by atoms with van der Waals surface area (Å²) >= 11 is 0. The van der Waals surface area contributed by atoms with Gasteiger partial charge in [0.1, 0.15) is 0 Å². The second-order valence-electron chi connectivity index (χ2n) is 4.22. The van der Waals surface area contributed by atoms with Crippen LogP contribution in [-0.4, -0.2) is 39.9 Å². The summed E-state index contributed by atoms with van der Waals surface area (Å²) in [6.07, 6.45) is 0.184. The number of benzene rings is 1. The number of primary amides is 1. The van der Waals surface area contributed by atoms with Crippen molar-refractivity contribution < 1.29 is 19.0 Å². The zero-order valence-electron chi connectivity index (χ0n) is 12.0. The Morgan fingerprint density at radius 2 is 2.05 bits per heavy atom. The lowest BCUT2D eigenvalue weighted by molar-refractivity contribution is -0.118. The monoisotopic (exact) mass is 282 g/mol. The molecule has 0 spiro atoms. The van der Waals surface area contributed by atoms with Crippen LogP contribution in [0.25, 0.3) is 0 Å². The van der Waals surface area contributed by atoms with Gasteiger partial charge in [-0.2, -0.15) is 0 Å². The molecule has 0 aromatic heterocycles. The highest BCUT2D eigenvalue weighted by atomic mass is 16.5. The lowest BCUT2D eigenvalue weighted by Crippen LogP contribution is -2.18. The van der Waals surface area contributed by atoms with E-state index in [9.17, 15) is 4.79 Å². The molecule has 20 heavy (non-hydrogen) atoms. The van der Waals surface area contributed by atoms with E-state index in [0.717, 1.165) is 18.7 Å². The summed E-state index contributed by atoms with van der Waals surface area (Å²) in [7, 11) is 3.25. The first-order valence-electron chi connectivity index (χ1n) is 6.45. The Kier molecular flexibility index (Phi) is 7.46. The topological polar surface area (TPSA) is 82.8 Å². The van der Waals surface area contributed by atoms with Gasteiger partial charge in [0, 0.05) is 20.2 Å². The molecule has 0 saturated heterocycles. The average Bonchev–Trinajstić information content (AvgIpc) is 2.44. The third kappa shape index (κ3) is 5.90. The van der Waals surface area contributed by atoms with Gasteiger partial charge in [-0.25, -0.2) is 0 Å². The molecule has 1 amide bonds. The molecule has 1 rings (SSSR count). The molecule has 0 heterocycles. The largest absolute Gasteiger partial charge is 0.493 e. The van der Waals surface area contributed by atoms with Crippen molar-refractivity contribution in [2.75, 3.05) is 34.0 Å². The summed E-state index contributed by atoms with van der Waals surface area (Å²) in [4.78, 5) is 10.7. The van der Waals surface area contributed by atoms with E-state index in [2.05, 4.69) is 5.32 Å². The molecule has 112 valence electrons. The zero-order chi connectivity index (χ0) is 14.8. The van der Waals surface area contributed by atoms with Gasteiger partial charge in [0.2, 0.25) is 5.91 Å². The average molecular weight is 282 g/mol. The number of nitrogens with two attached hydrogens (primary N) is 1. The van der Waals surface area contributed by atoms with Crippen molar-refractivity contribution in [1.82, 2.24) is 5.32 Å². The molecule has 0 aliphatic rings. The minimum absolute atomic E-state index is 0.184. The summed E-state index contributed by atoms with van der Waals surface area (Å²) < 4.78 is 15.7. The standard InChI is InChI=1S/C14H22N2O4/c1-18-8-6-16-10-11-3-4-12(13(9-11)19-2)20-7-5-14(15)17/h3-4,9,16H,5-8,10H2,1-2H3,(H2,15,17). The SMILES string of the molecule is COCCNCc1ccc(OCCC(N)=O)c(OC)c1. The maximum Gasteiger partial charge on any atom is 0.220 e. The van der Waals surface area contributed by atoms with Gasteiger partial charge in [-0.15, -0.1) is 0 Å². The number of hydrogen-bond acceptors (Lipinski definition) is 5. The van der Waals surface area contributed by atoms with E-state index in [-0.39, 0.29) is 18.9 Å². The second kappa shape index (κ2) is 9.17. The number of ether oxygens (including phenoxy) is 3. The smallest absolute Gasteiger partial charge is 0.220 e. The quantitative estimate of drug-likeness (QED) is 0.617. The molecule has 6 nitrogen and oxygen atoms in total. The van der Waals surface area contributed by atoms with Crippen LogP contribution in [0, 0.1) is 0 Å². The molecule has 0 aliphatic carbocycles. The molecule has 6 heteroatoms. The molecule has 1 aromatic carbocycles. The Hall–Kier alpha value is -1.79. The molecule has 3 N–H and O–H groups in total. The molecule has 0 radical (unpaired) electrons. The van der Waals surface area contributed by atoms with Crippen LogP contribution in [0.3, 0.4) is 0 Å². The number of carbonyl (C=O) groups excluding carboxylic acids is 1. The molecule has 0 saturated carbocycles. The van der Waals surface area contributed by atoms with Crippen LogP contribution in [0.2, 0.25) is 0 Å². The second-order valence-corrected chi connectivity index (χ2v) is 4.22. The Labute approximate surface area is 119 Å². The minimum Gasteiger partial charge on any atom is -0.493 e. The van der Waals surface area contributed by atoms with Gasteiger partial charge in [0.05, 0.1) is 26.7 Å². The van der Waals surface area contributed by atoms with Gasteiger partial charge in [-0.1, -0.05) is 6.07 Å². The lowest BCUT2D eigenvalue weighted by atomic mass is 10.2. The molecule has 0 atom stereocenters. The number of nitrogens with one attached hydrogen (secondary N) is 1. The molecule has 1 aromatic rings. The van der Waals surface area contributed by atoms with Crippen LogP contribution in [0.5, 0.6) is 11.5 Å². The van der Waals surface area contributed by atoms with E-state index in [1.54, 1.807) is 14.2 Å². The Morgan fingerprint density at radius 1 is 1.25 bits per heavy atom. The molecular formula is C14H22N2O4. The number of rotatable bonds is 10. The van der Waals surface area contributed by atoms with Crippen LogP contribution in [-0.2, 0) is 16.1 Å². The van der Waals surface area contributed by atoms with Crippen molar-refractivity contribution in [2.24, 2.45) is 5.73 Å². The summed E-state index contributed by atoms with van der Waals surface area (Å²) in [6, 6.07) is 5.68. The first kappa shape index (κ1) is 16.3. The fourth-order valence-electron chi connectivity index (χ4n) is 1.61. The van der Waals surface area contributed by atoms with Crippen LogP contribution < -0.4 is 20.5 Å². The minimum atomic E-state index is -0.386. The molecule has 0 bridgehead atoms. The summed E-state index contributed by atoms with van der Waals surface area (Å²) in [5.74, 6) is 0.859. The van der Waals surface area contributed by atoms with E-state index in [0.29, 0.717) is 18.1 Å². The Morgan fingerprint density at radius 3 is 2.70 bits per heavy atom. The van der Waals surface area contributed by atoms with Crippen molar-refractivity contribution in [1.29, 1.82) is 0 Å². The van der Waals surface area contributed by atoms with Gasteiger partial charge in [-0.05, 0) is 17.7 Å². The van der Waals surface area contributed by atoms with Crippen LogP contribution >= 0.6 is 0 Å². The van der Waals surface area contributed by atoms with Crippen molar-refractivity contribution in [3.8, 4) is 11.5 Å². The van der Waals surface area contributed by atoms with E-state index in [1.807, 2.05) is 18.2 Å². The lowest BCUT2D eigenvalue weighted by Gasteiger charge is -2.12. The highest BCUT2D eigenvalue weighted by Crippen LogP contribution is 2.28. The first-order valence-corrected chi connectivity index (χ1v) is 6.45. The maximum absolute atomic E-state index is 10.7. The Bertz CT molecular complexity index is 424. The molecule has 0 unspecified atom stereocenters. The first-order chi connectivity index (χ1) is 9.67. The van der Waals surface area contributed by atoms with Gasteiger partial charge in [0.15, 0.2) is 11.5 Å². The van der Waals surface area contributed by atoms with Gasteiger partial charge in [0.25, 0.3) is 0 Å². The fourth-order valence-corrected chi connectivity index (χ4v) is 1.61. The van der Waals surface area contributed by atoms with Crippen molar-refractivity contribution in [3.05, 3.63) is 23.8 Å². The van der Waals surface area contributed by atoms with Crippen molar-refractivity contribution >= 4 is 5.91 Å². The van der Waals surface area contributed by atoms with Crippen LogP contribution in [0.15, 0.2) is 18.2 Å². The summed E-state index contributed by atoms with van der Waals surface area (Å²) in [5.41, 5.74) is 6.15. The van der Waals surface area contributed by atoms with Crippen molar-refractivity contribution in [3.63, 3.8) is 0 Å². The van der Waals surface area contributed by atoms with E-state index in [1.165, 1.54) is 0 Å². The number of amides is 1. The summed E-state index contributed by atoms with van der Waals surface area (Å²) in [5, 5.41) is 3.25. The van der Waals surface area contributed by atoms with Gasteiger partial charge in [-0.3, -0.25) is 4.79 Å². The number of hydrogen-bond donors (Lipinski definition) is 2. The Balaban J connectivity index is 2.53. The maximum atomic E-state index is 10.7. The molecule has 0 aliphatic heterocycles. The van der Waals surface area contributed by atoms with E-state index < -0.39 is 0 Å². The third-order valence-electron chi connectivity index (χ3n) is 2.65. The molecule has 0 fully saturated rings. The highest BCUT2D eigenvalue weighted by molar-refractivity contribution is 5.73. The highest BCUT2D eigenvalue weighted by Gasteiger charge is 2.06.